The predicted molar refractivity (Wildman–Crippen MR) is 73.5 cm³/mol. The molecule has 0 aliphatic carbocycles. The molecule has 4 nitrogen and oxygen atoms in total. The number of aromatic nitrogens is 1. The largest absolute Gasteiger partial charge is 0.478 e. The quantitative estimate of drug-likeness (QED) is 0.883. The molecule has 1 aromatic heterocycles. The highest BCUT2D eigenvalue weighted by molar-refractivity contribution is 6.02. The summed E-state index contributed by atoms with van der Waals surface area (Å²) in [6, 6.07) is 5.66. The van der Waals surface area contributed by atoms with Crippen molar-refractivity contribution < 1.29 is 14.3 Å². The molecule has 5 heteroatoms. The molecule has 1 saturated heterocycles. The lowest BCUT2D eigenvalue weighted by Crippen LogP contribution is -2.29. The fraction of sp³-hybridized carbons (Fsp3) is 0.333. The van der Waals surface area contributed by atoms with Gasteiger partial charge in [-0.15, -0.1) is 0 Å². The van der Waals surface area contributed by atoms with Gasteiger partial charge in [0.05, 0.1) is 11.1 Å². The SMILES string of the molecule is O=C(O)c1cc(C2CCCNC2)nc2cc(F)ccc12. The van der Waals surface area contributed by atoms with Crippen LogP contribution in [0.15, 0.2) is 24.3 Å². The van der Waals surface area contributed by atoms with Gasteiger partial charge in [0.25, 0.3) is 0 Å². The van der Waals surface area contributed by atoms with Crippen LogP contribution >= 0.6 is 0 Å². The van der Waals surface area contributed by atoms with Gasteiger partial charge in [-0.2, -0.15) is 0 Å². The highest BCUT2D eigenvalue weighted by Gasteiger charge is 2.20. The summed E-state index contributed by atoms with van der Waals surface area (Å²) in [5.74, 6) is -1.22. The molecule has 2 heterocycles. The van der Waals surface area contributed by atoms with Crippen molar-refractivity contribution in [2.24, 2.45) is 0 Å². The Morgan fingerprint density at radius 2 is 2.25 bits per heavy atom. The van der Waals surface area contributed by atoms with Crippen molar-refractivity contribution in [3.8, 4) is 0 Å². The van der Waals surface area contributed by atoms with Crippen molar-refractivity contribution >= 4 is 16.9 Å². The summed E-state index contributed by atoms with van der Waals surface area (Å²) in [6.45, 7) is 1.76. The molecule has 0 radical (unpaired) electrons. The second kappa shape index (κ2) is 5.17. The number of carboxylic acids is 1. The van der Waals surface area contributed by atoms with Crippen LogP contribution in [0.25, 0.3) is 10.9 Å². The van der Waals surface area contributed by atoms with E-state index in [4.69, 9.17) is 0 Å². The van der Waals surface area contributed by atoms with Crippen molar-refractivity contribution in [1.29, 1.82) is 0 Å². The number of halogens is 1. The monoisotopic (exact) mass is 274 g/mol. The number of pyridine rings is 1. The van der Waals surface area contributed by atoms with E-state index < -0.39 is 11.8 Å². The minimum atomic E-state index is -1.01. The molecule has 0 amide bonds. The number of aromatic carboxylic acids is 1. The van der Waals surface area contributed by atoms with Crippen LogP contribution in [0.4, 0.5) is 4.39 Å². The van der Waals surface area contributed by atoms with E-state index in [1.54, 1.807) is 6.07 Å². The number of piperidine rings is 1. The summed E-state index contributed by atoms with van der Waals surface area (Å²) in [4.78, 5) is 15.9. The van der Waals surface area contributed by atoms with Crippen molar-refractivity contribution in [3.63, 3.8) is 0 Å². The zero-order chi connectivity index (χ0) is 14.1. The molecular weight excluding hydrogens is 259 g/mol. The second-order valence-corrected chi connectivity index (χ2v) is 5.10. The van der Waals surface area contributed by atoms with E-state index in [2.05, 4.69) is 10.3 Å². The Balaban J connectivity index is 2.15. The standard InChI is InChI=1S/C15H15FN2O2/c16-10-3-4-11-12(15(19)20)7-13(18-14(11)6-10)9-2-1-5-17-8-9/h3-4,6-7,9,17H,1-2,5,8H2,(H,19,20). The van der Waals surface area contributed by atoms with Gasteiger partial charge in [0.2, 0.25) is 0 Å². The molecule has 104 valence electrons. The van der Waals surface area contributed by atoms with Crippen molar-refractivity contribution in [2.75, 3.05) is 13.1 Å². The third-order valence-corrected chi connectivity index (χ3v) is 3.74. The Morgan fingerprint density at radius 3 is 2.95 bits per heavy atom. The summed E-state index contributed by atoms with van der Waals surface area (Å²) in [7, 11) is 0. The first-order valence-corrected chi connectivity index (χ1v) is 6.69. The van der Waals surface area contributed by atoms with E-state index >= 15 is 0 Å². The van der Waals surface area contributed by atoms with Gasteiger partial charge >= 0.3 is 5.97 Å². The zero-order valence-corrected chi connectivity index (χ0v) is 10.9. The van der Waals surface area contributed by atoms with E-state index in [9.17, 15) is 14.3 Å². The van der Waals surface area contributed by atoms with Gasteiger partial charge in [0, 0.05) is 29.6 Å². The molecule has 1 aromatic carbocycles. The molecule has 3 rings (SSSR count). The Bertz CT molecular complexity index is 666. The van der Waals surface area contributed by atoms with Crippen LogP contribution in [0.5, 0.6) is 0 Å². The fourth-order valence-electron chi connectivity index (χ4n) is 2.71. The number of benzene rings is 1. The van der Waals surface area contributed by atoms with E-state index in [0.29, 0.717) is 10.9 Å². The molecule has 2 N–H and O–H groups in total. The maximum atomic E-state index is 13.3. The average molecular weight is 274 g/mol. The lowest BCUT2D eigenvalue weighted by molar-refractivity contribution is 0.0698. The second-order valence-electron chi connectivity index (χ2n) is 5.10. The summed E-state index contributed by atoms with van der Waals surface area (Å²) >= 11 is 0. The summed E-state index contributed by atoms with van der Waals surface area (Å²) in [6.07, 6.45) is 2.01. The minimum absolute atomic E-state index is 0.189. The van der Waals surface area contributed by atoms with Crippen LogP contribution in [0, 0.1) is 5.82 Å². The summed E-state index contributed by atoms with van der Waals surface area (Å²) in [5.41, 5.74) is 1.33. The molecule has 2 aromatic rings. The Labute approximate surface area is 115 Å². The number of fused-ring (bicyclic) bond motifs is 1. The lowest BCUT2D eigenvalue weighted by atomic mass is 9.93. The van der Waals surface area contributed by atoms with E-state index in [-0.39, 0.29) is 11.5 Å². The summed E-state index contributed by atoms with van der Waals surface area (Å²) < 4.78 is 13.3. The molecule has 20 heavy (non-hydrogen) atoms. The van der Waals surface area contributed by atoms with Crippen molar-refractivity contribution in [3.05, 3.63) is 41.3 Å². The van der Waals surface area contributed by atoms with Crippen LogP contribution in [-0.4, -0.2) is 29.1 Å². The van der Waals surface area contributed by atoms with Gasteiger partial charge in [-0.1, -0.05) is 0 Å². The van der Waals surface area contributed by atoms with Gasteiger partial charge in [-0.25, -0.2) is 9.18 Å². The molecular formula is C15H15FN2O2. The first-order chi connectivity index (χ1) is 9.65. The number of rotatable bonds is 2. The molecule has 1 fully saturated rings. The molecule has 1 unspecified atom stereocenters. The van der Waals surface area contributed by atoms with E-state index in [0.717, 1.165) is 31.6 Å². The zero-order valence-electron chi connectivity index (χ0n) is 10.9. The Kier molecular flexibility index (Phi) is 3.36. The van der Waals surface area contributed by atoms with Crippen molar-refractivity contribution in [1.82, 2.24) is 10.3 Å². The predicted octanol–water partition coefficient (Wildman–Crippen LogP) is 2.54. The maximum Gasteiger partial charge on any atom is 0.336 e. The lowest BCUT2D eigenvalue weighted by Gasteiger charge is -2.23. The highest BCUT2D eigenvalue weighted by Crippen LogP contribution is 2.27. The molecule has 0 spiro atoms. The number of hydrogen-bond donors (Lipinski definition) is 2. The number of nitrogens with zero attached hydrogens (tertiary/aromatic N) is 1. The topological polar surface area (TPSA) is 62.2 Å². The summed E-state index contributed by atoms with van der Waals surface area (Å²) in [5, 5.41) is 13.1. The molecule has 1 aliphatic rings. The molecule has 1 atom stereocenters. The minimum Gasteiger partial charge on any atom is -0.478 e. The van der Waals surface area contributed by atoms with Gasteiger partial charge in [0.1, 0.15) is 5.82 Å². The smallest absolute Gasteiger partial charge is 0.336 e. The maximum absolute atomic E-state index is 13.3. The van der Waals surface area contributed by atoms with Crippen molar-refractivity contribution in [2.45, 2.75) is 18.8 Å². The normalized spacial score (nSPS) is 19.1. The third kappa shape index (κ3) is 2.36. The number of hydrogen-bond acceptors (Lipinski definition) is 3. The first kappa shape index (κ1) is 13.0. The van der Waals surface area contributed by atoms with Crippen LogP contribution in [0.2, 0.25) is 0 Å². The number of nitrogens with one attached hydrogen (secondary N) is 1. The fourth-order valence-corrected chi connectivity index (χ4v) is 2.71. The Hall–Kier alpha value is -2.01. The van der Waals surface area contributed by atoms with Crippen LogP contribution in [0.3, 0.4) is 0 Å². The van der Waals surface area contributed by atoms with Crippen LogP contribution in [0.1, 0.15) is 34.8 Å². The highest BCUT2D eigenvalue weighted by atomic mass is 19.1. The first-order valence-electron chi connectivity index (χ1n) is 6.69. The third-order valence-electron chi connectivity index (χ3n) is 3.74. The van der Waals surface area contributed by atoms with Crippen LogP contribution < -0.4 is 5.32 Å². The van der Waals surface area contributed by atoms with Gasteiger partial charge in [-0.05, 0) is 37.6 Å². The average Bonchev–Trinajstić information content (AvgIpc) is 2.46. The number of carboxylic acid groups (broad SMARTS) is 1. The molecule has 0 saturated carbocycles. The van der Waals surface area contributed by atoms with Crippen LogP contribution in [-0.2, 0) is 0 Å². The van der Waals surface area contributed by atoms with E-state index in [1.165, 1.54) is 18.2 Å². The molecule has 0 bridgehead atoms. The number of carbonyl (C=O) groups is 1. The van der Waals surface area contributed by atoms with Gasteiger partial charge < -0.3 is 10.4 Å². The van der Waals surface area contributed by atoms with Gasteiger partial charge in [0.15, 0.2) is 0 Å². The Morgan fingerprint density at radius 1 is 1.40 bits per heavy atom. The molecule has 1 aliphatic heterocycles. The van der Waals surface area contributed by atoms with E-state index in [1.807, 2.05) is 0 Å². The van der Waals surface area contributed by atoms with Gasteiger partial charge in [-0.3, -0.25) is 4.98 Å².